The van der Waals surface area contributed by atoms with Crippen molar-refractivity contribution in [3.05, 3.63) is 62.4 Å². The van der Waals surface area contributed by atoms with Gasteiger partial charge in [-0.05, 0) is 31.5 Å². The highest BCUT2D eigenvalue weighted by Crippen LogP contribution is 2.24. The molecule has 1 aromatic carbocycles. The second-order valence-electron chi connectivity index (χ2n) is 6.95. The van der Waals surface area contributed by atoms with Crippen molar-refractivity contribution >= 4 is 22.6 Å². The Hall–Kier alpha value is -3.13. The molecule has 0 radical (unpaired) electrons. The number of nitrogens with zero attached hydrogens (tertiary/aromatic N) is 4. The molecule has 0 N–H and O–H groups in total. The van der Waals surface area contributed by atoms with Crippen molar-refractivity contribution in [2.45, 2.75) is 20.4 Å². The molecule has 0 aliphatic rings. The molecule has 0 saturated carbocycles. The molecule has 0 unspecified atom stereocenters. The number of fused-ring (bicyclic) bond motifs is 1. The second-order valence-corrected chi connectivity index (χ2v) is 6.95. The molecule has 2 heterocycles. The fraction of sp³-hybridized carbons (Fsp3) is 0.381. The second kappa shape index (κ2) is 8.08. The van der Waals surface area contributed by atoms with E-state index < -0.39 is 11.2 Å². The van der Waals surface area contributed by atoms with Gasteiger partial charge < -0.3 is 14.2 Å². The summed E-state index contributed by atoms with van der Waals surface area (Å²) in [5, 5.41) is 0.329. The van der Waals surface area contributed by atoms with Gasteiger partial charge in [0.15, 0.2) is 0 Å². The first-order valence-electron chi connectivity index (χ1n) is 9.49. The van der Waals surface area contributed by atoms with E-state index in [1.807, 2.05) is 38.1 Å². The van der Waals surface area contributed by atoms with Gasteiger partial charge in [0.1, 0.15) is 11.3 Å². The quantitative estimate of drug-likeness (QED) is 0.633. The molecular formula is C21H26N4O4. The molecule has 2 aromatic heterocycles. The third-order valence-electron chi connectivity index (χ3n) is 5.20. The average molecular weight is 398 g/mol. The summed E-state index contributed by atoms with van der Waals surface area (Å²) < 4.78 is 9.34. The van der Waals surface area contributed by atoms with Gasteiger partial charge in [-0.15, -0.1) is 0 Å². The van der Waals surface area contributed by atoms with Crippen LogP contribution >= 0.6 is 0 Å². The van der Waals surface area contributed by atoms with Gasteiger partial charge in [-0.25, -0.2) is 4.79 Å². The van der Waals surface area contributed by atoms with E-state index in [1.54, 1.807) is 29.7 Å². The number of methoxy groups -OCH3 is 1. The molecule has 29 heavy (non-hydrogen) atoms. The van der Waals surface area contributed by atoms with Crippen molar-refractivity contribution in [2.24, 2.45) is 14.1 Å². The van der Waals surface area contributed by atoms with Gasteiger partial charge in [-0.1, -0.05) is 18.2 Å². The lowest BCUT2D eigenvalue weighted by Gasteiger charge is -2.24. The lowest BCUT2D eigenvalue weighted by Crippen LogP contribution is -2.37. The summed E-state index contributed by atoms with van der Waals surface area (Å²) in [6.45, 7) is 5.00. The SMILES string of the molecule is CCN(C(=O)c1cc2c(=O)n(C)c(=O)n(C)c2n1CCOC)c1ccccc1C. The lowest BCUT2D eigenvalue weighted by molar-refractivity contribution is 0.0977. The van der Waals surface area contributed by atoms with Crippen LogP contribution in [0.3, 0.4) is 0 Å². The number of aromatic nitrogens is 3. The predicted molar refractivity (Wildman–Crippen MR) is 113 cm³/mol. The van der Waals surface area contributed by atoms with Gasteiger partial charge >= 0.3 is 5.69 Å². The summed E-state index contributed by atoms with van der Waals surface area (Å²) >= 11 is 0. The third-order valence-corrected chi connectivity index (χ3v) is 5.20. The van der Waals surface area contributed by atoms with Crippen LogP contribution in [0, 0.1) is 6.92 Å². The highest BCUT2D eigenvalue weighted by molar-refractivity contribution is 6.08. The van der Waals surface area contributed by atoms with E-state index in [1.165, 1.54) is 11.6 Å². The Bertz CT molecular complexity index is 1190. The summed E-state index contributed by atoms with van der Waals surface area (Å²) in [7, 11) is 4.60. The van der Waals surface area contributed by atoms with Gasteiger partial charge in [0.2, 0.25) is 0 Å². The molecule has 0 aliphatic heterocycles. The minimum absolute atomic E-state index is 0.233. The Morgan fingerprint density at radius 3 is 2.45 bits per heavy atom. The highest BCUT2D eigenvalue weighted by Gasteiger charge is 2.25. The number of anilines is 1. The highest BCUT2D eigenvalue weighted by atomic mass is 16.5. The van der Waals surface area contributed by atoms with Crippen molar-refractivity contribution in [3.63, 3.8) is 0 Å². The summed E-state index contributed by atoms with van der Waals surface area (Å²) in [5.41, 5.74) is 1.69. The zero-order chi connectivity index (χ0) is 21.3. The molecule has 154 valence electrons. The Balaban J connectivity index is 2.28. The summed E-state index contributed by atoms with van der Waals surface area (Å²) in [6, 6.07) is 9.24. The van der Waals surface area contributed by atoms with Crippen LogP contribution in [0.4, 0.5) is 5.69 Å². The molecule has 3 aromatic rings. The van der Waals surface area contributed by atoms with Crippen LogP contribution in [0.1, 0.15) is 23.0 Å². The smallest absolute Gasteiger partial charge is 0.332 e. The molecule has 8 heteroatoms. The third kappa shape index (κ3) is 3.40. The van der Waals surface area contributed by atoms with E-state index in [0.29, 0.717) is 36.4 Å². The van der Waals surface area contributed by atoms with Crippen LogP contribution < -0.4 is 16.1 Å². The fourth-order valence-electron chi connectivity index (χ4n) is 3.65. The lowest BCUT2D eigenvalue weighted by atomic mass is 10.1. The van der Waals surface area contributed by atoms with Gasteiger partial charge in [0.25, 0.3) is 11.5 Å². The normalized spacial score (nSPS) is 11.2. The molecule has 0 fully saturated rings. The van der Waals surface area contributed by atoms with E-state index in [0.717, 1.165) is 15.8 Å². The maximum Gasteiger partial charge on any atom is 0.332 e. The molecule has 0 spiro atoms. The van der Waals surface area contributed by atoms with E-state index in [4.69, 9.17) is 4.74 Å². The van der Waals surface area contributed by atoms with Gasteiger partial charge in [0.05, 0.1) is 12.0 Å². The van der Waals surface area contributed by atoms with E-state index >= 15 is 0 Å². The molecule has 1 amide bonds. The van der Waals surface area contributed by atoms with Crippen LogP contribution in [0.15, 0.2) is 39.9 Å². The zero-order valence-corrected chi connectivity index (χ0v) is 17.4. The summed E-state index contributed by atoms with van der Waals surface area (Å²) in [5.74, 6) is -0.233. The first-order valence-corrected chi connectivity index (χ1v) is 9.49. The standard InChI is InChI=1S/C21H26N4O4/c1-6-24(16-10-8-7-9-14(16)2)20(27)17-13-15-18(25(17)11-12-29-5)22(3)21(28)23(4)19(15)26/h7-10,13H,6,11-12H2,1-5H3. The first-order chi connectivity index (χ1) is 13.8. The van der Waals surface area contributed by atoms with Crippen LogP contribution in [0.5, 0.6) is 0 Å². The Morgan fingerprint density at radius 1 is 1.14 bits per heavy atom. The van der Waals surface area contributed by atoms with Gasteiger partial charge in [-0.2, -0.15) is 0 Å². The number of carbonyl (C=O) groups excluding carboxylic acids is 1. The number of ether oxygens (including phenoxy) is 1. The number of para-hydroxylation sites is 1. The molecule has 0 aliphatic carbocycles. The van der Waals surface area contributed by atoms with Crippen molar-refractivity contribution in [2.75, 3.05) is 25.2 Å². The Kier molecular flexibility index (Phi) is 5.74. The maximum atomic E-state index is 13.5. The van der Waals surface area contributed by atoms with E-state index in [2.05, 4.69) is 0 Å². The average Bonchev–Trinajstić information content (AvgIpc) is 3.10. The van der Waals surface area contributed by atoms with Gasteiger partial charge in [0, 0.05) is 40.0 Å². The Morgan fingerprint density at radius 2 is 1.83 bits per heavy atom. The van der Waals surface area contributed by atoms with Crippen LogP contribution in [0.25, 0.3) is 11.0 Å². The molecule has 3 rings (SSSR count). The molecule has 0 saturated heterocycles. The molecule has 8 nitrogen and oxygen atoms in total. The predicted octanol–water partition coefficient (Wildman–Crippen LogP) is 1.66. The number of carbonyl (C=O) groups is 1. The molecular weight excluding hydrogens is 372 g/mol. The molecule has 0 bridgehead atoms. The number of aryl methyl sites for hydroxylation is 2. The first kappa shape index (κ1) is 20.6. The number of hydrogen-bond donors (Lipinski definition) is 0. The number of rotatable bonds is 6. The van der Waals surface area contributed by atoms with E-state index in [9.17, 15) is 14.4 Å². The summed E-state index contributed by atoms with van der Waals surface area (Å²) in [4.78, 5) is 40.4. The molecule has 0 atom stereocenters. The Labute approximate surface area is 168 Å². The minimum Gasteiger partial charge on any atom is -0.383 e. The van der Waals surface area contributed by atoms with Crippen molar-refractivity contribution < 1.29 is 9.53 Å². The van der Waals surface area contributed by atoms with Crippen molar-refractivity contribution in [1.29, 1.82) is 0 Å². The maximum absolute atomic E-state index is 13.5. The topological polar surface area (TPSA) is 78.5 Å². The summed E-state index contributed by atoms with van der Waals surface area (Å²) in [6.07, 6.45) is 0. The minimum atomic E-state index is -0.440. The number of amides is 1. The zero-order valence-electron chi connectivity index (χ0n) is 17.4. The van der Waals surface area contributed by atoms with E-state index in [-0.39, 0.29) is 5.91 Å². The van der Waals surface area contributed by atoms with Crippen molar-refractivity contribution in [1.82, 2.24) is 13.7 Å². The largest absolute Gasteiger partial charge is 0.383 e. The monoisotopic (exact) mass is 398 g/mol. The van der Waals surface area contributed by atoms with Crippen molar-refractivity contribution in [3.8, 4) is 0 Å². The van der Waals surface area contributed by atoms with Crippen LogP contribution in [0.2, 0.25) is 0 Å². The van der Waals surface area contributed by atoms with Crippen LogP contribution in [-0.4, -0.2) is 39.9 Å². The fourth-order valence-corrected chi connectivity index (χ4v) is 3.65. The number of benzene rings is 1. The number of hydrogen-bond acceptors (Lipinski definition) is 4. The van der Waals surface area contributed by atoms with Gasteiger partial charge in [-0.3, -0.25) is 18.7 Å². The van der Waals surface area contributed by atoms with Crippen LogP contribution in [-0.2, 0) is 25.4 Å².